The molecule has 54 valence electrons. The maximum atomic E-state index is 11.2. The fraction of sp³-hybridized carbons (Fsp3) is 0.667. The van der Waals surface area contributed by atoms with Gasteiger partial charge in [-0.2, -0.15) is 0 Å². The molecule has 10 heavy (non-hydrogen) atoms. The predicted octanol–water partition coefficient (Wildman–Crippen LogP) is 2.08. The van der Waals surface area contributed by atoms with Gasteiger partial charge >= 0.3 is 0 Å². The highest BCUT2D eigenvalue weighted by Crippen LogP contribution is 2.48. The predicted molar refractivity (Wildman–Crippen MR) is 39.7 cm³/mol. The van der Waals surface area contributed by atoms with Crippen LogP contribution in [0.4, 0.5) is 0 Å². The van der Waals surface area contributed by atoms with Gasteiger partial charge in [0.25, 0.3) is 0 Å². The lowest BCUT2D eigenvalue weighted by Crippen LogP contribution is -2.10. The number of carbonyl (C=O) groups is 1. The summed E-state index contributed by atoms with van der Waals surface area (Å²) in [6.45, 7) is 2.22. The van der Waals surface area contributed by atoms with Crippen LogP contribution in [0.1, 0.15) is 32.6 Å². The molecule has 0 radical (unpaired) electrons. The molecule has 0 aromatic rings. The average molecular weight is 136 g/mol. The van der Waals surface area contributed by atoms with Crippen LogP contribution < -0.4 is 0 Å². The third-order valence-electron chi connectivity index (χ3n) is 2.90. The fourth-order valence-electron chi connectivity index (χ4n) is 2.15. The second-order valence-electron chi connectivity index (χ2n) is 3.64. The van der Waals surface area contributed by atoms with Crippen molar-refractivity contribution in [2.24, 2.45) is 5.41 Å². The Labute approximate surface area is 61.1 Å². The van der Waals surface area contributed by atoms with Crippen LogP contribution in [-0.2, 0) is 4.79 Å². The largest absolute Gasteiger partial charge is 0.295 e. The van der Waals surface area contributed by atoms with Crippen LogP contribution in [0.2, 0.25) is 0 Å². The van der Waals surface area contributed by atoms with E-state index in [2.05, 4.69) is 13.0 Å². The van der Waals surface area contributed by atoms with Gasteiger partial charge < -0.3 is 0 Å². The lowest BCUT2D eigenvalue weighted by atomic mass is 9.86. The van der Waals surface area contributed by atoms with Crippen LogP contribution in [0.15, 0.2) is 11.6 Å². The monoisotopic (exact) mass is 136 g/mol. The minimum atomic E-state index is 0.289. The van der Waals surface area contributed by atoms with Gasteiger partial charge in [0.1, 0.15) is 0 Å². The minimum absolute atomic E-state index is 0.289. The molecule has 2 aliphatic rings. The summed E-state index contributed by atoms with van der Waals surface area (Å²) in [5.74, 6) is 0.403. The summed E-state index contributed by atoms with van der Waals surface area (Å²) in [5.41, 5.74) is 1.42. The first-order valence-corrected chi connectivity index (χ1v) is 3.96. The summed E-state index contributed by atoms with van der Waals surface area (Å²) >= 11 is 0. The number of ketones is 1. The summed E-state index contributed by atoms with van der Waals surface area (Å²) in [5, 5.41) is 0. The molecule has 1 nitrogen and oxygen atoms in total. The Balaban J connectivity index is 2.41. The second kappa shape index (κ2) is 1.71. The van der Waals surface area contributed by atoms with Gasteiger partial charge in [-0.15, -0.1) is 0 Å². The van der Waals surface area contributed by atoms with Crippen molar-refractivity contribution in [1.82, 2.24) is 0 Å². The standard InChI is InChI=1S/C9H12O/c1-9-5-2-3-7(9)8(10)4-6-9/h3H,2,4-6H2,1H3/t9-/m1/s1. The summed E-state index contributed by atoms with van der Waals surface area (Å²) in [7, 11) is 0. The zero-order valence-electron chi connectivity index (χ0n) is 6.31. The van der Waals surface area contributed by atoms with Crippen molar-refractivity contribution < 1.29 is 4.79 Å². The molecular weight excluding hydrogens is 124 g/mol. The van der Waals surface area contributed by atoms with E-state index in [1.54, 1.807) is 0 Å². The Hall–Kier alpha value is -0.590. The van der Waals surface area contributed by atoms with E-state index in [4.69, 9.17) is 0 Å². The molecule has 0 unspecified atom stereocenters. The smallest absolute Gasteiger partial charge is 0.159 e. The van der Waals surface area contributed by atoms with E-state index in [1.165, 1.54) is 6.42 Å². The van der Waals surface area contributed by atoms with Gasteiger partial charge in [0.05, 0.1) is 0 Å². The number of hydrogen-bond donors (Lipinski definition) is 0. The number of allylic oxidation sites excluding steroid dienone is 2. The van der Waals surface area contributed by atoms with Crippen molar-refractivity contribution >= 4 is 5.78 Å². The fourth-order valence-corrected chi connectivity index (χ4v) is 2.15. The van der Waals surface area contributed by atoms with Gasteiger partial charge in [-0.25, -0.2) is 0 Å². The van der Waals surface area contributed by atoms with Crippen molar-refractivity contribution in [3.63, 3.8) is 0 Å². The van der Waals surface area contributed by atoms with Crippen molar-refractivity contribution in [2.75, 3.05) is 0 Å². The van der Waals surface area contributed by atoms with E-state index >= 15 is 0 Å². The SMILES string of the molecule is C[C@]12CCC=C1C(=O)CC2. The van der Waals surface area contributed by atoms with Gasteiger partial charge in [0.2, 0.25) is 0 Å². The van der Waals surface area contributed by atoms with Gasteiger partial charge in [0.15, 0.2) is 5.78 Å². The molecule has 2 rings (SSSR count). The Morgan fingerprint density at radius 2 is 2.30 bits per heavy atom. The third-order valence-corrected chi connectivity index (χ3v) is 2.90. The maximum Gasteiger partial charge on any atom is 0.159 e. The molecule has 0 amide bonds. The zero-order valence-corrected chi connectivity index (χ0v) is 6.31. The first kappa shape index (κ1) is 6.14. The lowest BCUT2D eigenvalue weighted by Gasteiger charge is -2.17. The van der Waals surface area contributed by atoms with Crippen molar-refractivity contribution in [1.29, 1.82) is 0 Å². The van der Waals surface area contributed by atoms with E-state index < -0.39 is 0 Å². The summed E-state index contributed by atoms with van der Waals surface area (Å²) in [6, 6.07) is 0. The van der Waals surface area contributed by atoms with E-state index in [9.17, 15) is 4.79 Å². The number of hydrogen-bond acceptors (Lipinski definition) is 1. The van der Waals surface area contributed by atoms with Crippen LogP contribution in [0.3, 0.4) is 0 Å². The molecule has 0 bridgehead atoms. The van der Waals surface area contributed by atoms with Gasteiger partial charge in [-0.05, 0) is 30.3 Å². The molecule has 0 saturated heterocycles. The molecule has 0 aromatic heterocycles. The Kier molecular flexibility index (Phi) is 1.05. The molecule has 0 aromatic carbocycles. The lowest BCUT2D eigenvalue weighted by molar-refractivity contribution is -0.114. The number of carbonyl (C=O) groups excluding carboxylic acids is 1. The summed E-state index contributed by atoms with van der Waals surface area (Å²) < 4.78 is 0. The van der Waals surface area contributed by atoms with Crippen LogP contribution in [-0.4, -0.2) is 5.78 Å². The summed E-state index contributed by atoms with van der Waals surface area (Å²) in [6.07, 6.45) is 6.35. The van der Waals surface area contributed by atoms with Crippen LogP contribution in [0, 0.1) is 5.41 Å². The highest BCUT2D eigenvalue weighted by molar-refractivity contribution is 5.99. The second-order valence-corrected chi connectivity index (χ2v) is 3.64. The number of Topliss-reactive ketones (excluding diaryl/α,β-unsaturated/α-hetero) is 1. The zero-order chi connectivity index (χ0) is 7.19. The number of fused-ring (bicyclic) bond motifs is 1. The Morgan fingerprint density at radius 3 is 3.00 bits per heavy atom. The quantitative estimate of drug-likeness (QED) is 0.498. The Bertz CT molecular complexity index is 215. The molecule has 1 fully saturated rings. The molecule has 1 saturated carbocycles. The number of rotatable bonds is 0. The molecule has 0 spiro atoms. The van der Waals surface area contributed by atoms with Crippen LogP contribution >= 0.6 is 0 Å². The van der Waals surface area contributed by atoms with Gasteiger partial charge in [0, 0.05) is 6.42 Å². The third kappa shape index (κ3) is 0.606. The molecular formula is C9H12O. The van der Waals surface area contributed by atoms with Gasteiger partial charge in [-0.3, -0.25) is 4.79 Å². The van der Waals surface area contributed by atoms with E-state index in [-0.39, 0.29) is 5.41 Å². The van der Waals surface area contributed by atoms with E-state index in [1.807, 2.05) is 0 Å². The normalized spacial score (nSPS) is 38.1. The summed E-state index contributed by atoms with van der Waals surface area (Å²) in [4.78, 5) is 11.2. The molecule has 1 atom stereocenters. The molecule has 1 heteroatoms. The van der Waals surface area contributed by atoms with E-state index in [0.717, 1.165) is 24.8 Å². The topological polar surface area (TPSA) is 17.1 Å². The van der Waals surface area contributed by atoms with Gasteiger partial charge in [-0.1, -0.05) is 13.0 Å². The van der Waals surface area contributed by atoms with Crippen molar-refractivity contribution in [2.45, 2.75) is 32.6 Å². The average Bonchev–Trinajstić information content (AvgIpc) is 2.35. The molecule has 2 aliphatic carbocycles. The first-order valence-electron chi connectivity index (χ1n) is 3.96. The molecule has 0 aliphatic heterocycles. The first-order chi connectivity index (χ1) is 4.72. The van der Waals surface area contributed by atoms with Crippen LogP contribution in [0.25, 0.3) is 0 Å². The molecule has 0 N–H and O–H groups in total. The Morgan fingerprint density at radius 1 is 1.50 bits per heavy atom. The highest BCUT2D eigenvalue weighted by atomic mass is 16.1. The van der Waals surface area contributed by atoms with E-state index in [0.29, 0.717) is 5.78 Å². The maximum absolute atomic E-state index is 11.2. The molecule has 0 heterocycles. The van der Waals surface area contributed by atoms with Crippen LogP contribution in [0.5, 0.6) is 0 Å². The minimum Gasteiger partial charge on any atom is -0.295 e. The van der Waals surface area contributed by atoms with Crippen molar-refractivity contribution in [3.05, 3.63) is 11.6 Å². The highest BCUT2D eigenvalue weighted by Gasteiger charge is 2.41. The van der Waals surface area contributed by atoms with Crippen molar-refractivity contribution in [3.8, 4) is 0 Å².